The maximum atomic E-state index is 11.8. The monoisotopic (exact) mass is 283 g/mol. The van der Waals surface area contributed by atoms with E-state index in [1.165, 1.54) is 24.3 Å². The van der Waals surface area contributed by atoms with Gasteiger partial charge in [-0.25, -0.2) is 5.43 Å². The van der Waals surface area contributed by atoms with Crippen molar-refractivity contribution in [3.05, 3.63) is 59.7 Å². The lowest BCUT2D eigenvalue weighted by atomic mass is 10.2. The van der Waals surface area contributed by atoms with Crippen molar-refractivity contribution >= 4 is 17.8 Å². The standard InChI is InChI=1S/C16H17N3O2/c1-19(2)14-7-3-12(4-8-14)11-17-18-16(21)13-5-9-15(20)10-6-13/h3-11,20H,1-2H3,(H,18,21)/b17-11-. The molecule has 0 heterocycles. The molecule has 0 atom stereocenters. The van der Waals surface area contributed by atoms with E-state index in [-0.39, 0.29) is 11.7 Å². The van der Waals surface area contributed by atoms with Gasteiger partial charge in [0.25, 0.3) is 5.91 Å². The van der Waals surface area contributed by atoms with Gasteiger partial charge in [0, 0.05) is 25.3 Å². The molecule has 0 aliphatic rings. The first-order chi connectivity index (χ1) is 10.1. The first-order valence-corrected chi connectivity index (χ1v) is 6.46. The summed E-state index contributed by atoms with van der Waals surface area (Å²) < 4.78 is 0. The zero-order valence-electron chi connectivity index (χ0n) is 11.9. The van der Waals surface area contributed by atoms with E-state index in [4.69, 9.17) is 5.11 Å². The lowest BCUT2D eigenvalue weighted by Crippen LogP contribution is -2.17. The van der Waals surface area contributed by atoms with Gasteiger partial charge in [-0.15, -0.1) is 0 Å². The Morgan fingerprint density at radius 3 is 2.29 bits per heavy atom. The molecule has 0 saturated carbocycles. The number of anilines is 1. The molecular formula is C16H17N3O2. The van der Waals surface area contributed by atoms with Gasteiger partial charge in [0.1, 0.15) is 5.75 Å². The topological polar surface area (TPSA) is 64.9 Å². The molecule has 5 heteroatoms. The molecule has 0 radical (unpaired) electrons. The van der Waals surface area contributed by atoms with E-state index in [1.54, 1.807) is 6.21 Å². The van der Waals surface area contributed by atoms with Crippen LogP contribution in [0.1, 0.15) is 15.9 Å². The predicted molar refractivity (Wildman–Crippen MR) is 83.9 cm³/mol. The van der Waals surface area contributed by atoms with Crippen molar-refractivity contribution in [3.63, 3.8) is 0 Å². The maximum Gasteiger partial charge on any atom is 0.271 e. The van der Waals surface area contributed by atoms with Crippen LogP contribution in [-0.4, -0.2) is 31.3 Å². The molecule has 21 heavy (non-hydrogen) atoms. The van der Waals surface area contributed by atoms with E-state index in [0.29, 0.717) is 5.56 Å². The summed E-state index contributed by atoms with van der Waals surface area (Å²) in [4.78, 5) is 13.8. The van der Waals surface area contributed by atoms with Crippen LogP contribution in [0.25, 0.3) is 0 Å². The number of nitrogens with zero attached hydrogens (tertiary/aromatic N) is 2. The number of phenolic OH excluding ortho intramolecular Hbond substituents is 1. The van der Waals surface area contributed by atoms with Crippen LogP contribution >= 0.6 is 0 Å². The summed E-state index contributed by atoms with van der Waals surface area (Å²) in [5, 5.41) is 13.1. The highest BCUT2D eigenvalue weighted by atomic mass is 16.3. The molecular weight excluding hydrogens is 266 g/mol. The Morgan fingerprint density at radius 2 is 1.71 bits per heavy atom. The summed E-state index contributed by atoms with van der Waals surface area (Å²) in [6.45, 7) is 0. The van der Waals surface area contributed by atoms with Gasteiger partial charge in [-0.1, -0.05) is 12.1 Å². The van der Waals surface area contributed by atoms with Crippen molar-refractivity contribution < 1.29 is 9.90 Å². The van der Waals surface area contributed by atoms with Crippen LogP contribution < -0.4 is 10.3 Å². The van der Waals surface area contributed by atoms with Gasteiger partial charge in [-0.2, -0.15) is 5.10 Å². The normalized spacial score (nSPS) is 10.6. The highest BCUT2D eigenvalue weighted by molar-refractivity contribution is 5.95. The summed E-state index contributed by atoms with van der Waals surface area (Å²) in [6.07, 6.45) is 1.58. The van der Waals surface area contributed by atoms with E-state index in [0.717, 1.165) is 11.3 Å². The fraction of sp³-hybridized carbons (Fsp3) is 0.125. The zero-order chi connectivity index (χ0) is 15.2. The summed E-state index contributed by atoms with van der Waals surface area (Å²) in [6, 6.07) is 13.8. The maximum absolute atomic E-state index is 11.8. The summed E-state index contributed by atoms with van der Waals surface area (Å²) in [5.74, 6) is -0.202. The molecule has 0 unspecified atom stereocenters. The van der Waals surface area contributed by atoms with Crippen LogP contribution in [0.4, 0.5) is 5.69 Å². The van der Waals surface area contributed by atoms with E-state index >= 15 is 0 Å². The molecule has 108 valence electrons. The minimum absolute atomic E-state index is 0.121. The first kappa shape index (κ1) is 14.6. The number of rotatable bonds is 4. The number of hydrogen-bond acceptors (Lipinski definition) is 4. The van der Waals surface area contributed by atoms with E-state index in [1.807, 2.05) is 43.3 Å². The van der Waals surface area contributed by atoms with Gasteiger partial charge in [0.15, 0.2) is 0 Å². The molecule has 5 nitrogen and oxygen atoms in total. The van der Waals surface area contributed by atoms with Crippen LogP contribution in [0, 0.1) is 0 Å². The number of carbonyl (C=O) groups is 1. The highest BCUT2D eigenvalue weighted by Gasteiger charge is 2.03. The number of amides is 1. The molecule has 2 aromatic rings. The summed E-state index contributed by atoms with van der Waals surface area (Å²) in [7, 11) is 3.95. The SMILES string of the molecule is CN(C)c1ccc(/C=N\NC(=O)c2ccc(O)cc2)cc1. The van der Waals surface area contributed by atoms with Gasteiger partial charge in [0.05, 0.1) is 6.21 Å². The smallest absolute Gasteiger partial charge is 0.271 e. The van der Waals surface area contributed by atoms with Crippen LogP contribution in [0.15, 0.2) is 53.6 Å². The molecule has 0 spiro atoms. The fourth-order valence-electron chi connectivity index (χ4n) is 1.70. The van der Waals surface area contributed by atoms with Crippen molar-refractivity contribution in [3.8, 4) is 5.75 Å². The Labute approximate surface area is 123 Å². The van der Waals surface area contributed by atoms with Gasteiger partial charge >= 0.3 is 0 Å². The fourth-order valence-corrected chi connectivity index (χ4v) is 1.70. The van der Waals surface area contributed by atoms with Gasteiger partial charge in [0.2, 0.25) is 0 Å². The number of hydrazone groups is 1. The number of hydrogen-bond donors (Lipinski definition) is 2. The van der Waals surface area contributed by atoms with Crippen molar-refractivity contribution in [1.29, 1.82) is 0 Å². The molecule has 2 rings (SSSR count). The average Bonchev–Trinajstić information content (AvgIpc) is 2.48. The zero-order valence-corrected chi connectivity index (χ0v) is 11.9. The first-order valence-electron chi connectivity index (χ1n) is 6.46. The average molecular weight is 283 g/mol. The summed E-state index contributed by atoms with van der Waals surface area (Å²) in [5.41, 5.74) is 4.87. The Bertz CT molecular complexity index is 632. The molecule has 0 aliphatic carbocycles. The molecule has 0 fully saturated rings. The third kappa shape index (κ3) is 4.07. The van der Waals surface area contributed by atoms with Crippen LogP contribution in [0.3, 0.4) is 0 Å². The summed E-state index contributed by atoms with van der Waals surface area (Å²) >= 11 is 0. The molecule has 0 aromatic heterocycles. The van der Waals surface area contributed by atoms with Gasteiger partial charge < -0.3 is 10.0 Å². The second-order valence-electron chi connectivity index (χ2n) is 4.73. The third-order valence-electron chi connectivity index (χ3n) is 2.92. The predicted octanol–water partition coefficient (Wildman–Crippen LogP) is 2.22. The van der Waals surface area contributed by atoms with Crippen molar-refractivity contribution in [2.45, 2.75) is 0 Å². The minimum Gasteiger partial charge on any atom is -0.508 e. The second-order valence-corrected chi connectivity index (χ2v) is 4.73. The number of phenols is 1. The van der Waals surface area contributed by atoms with Crippen molar-refractivity contribution in [2.75, 3.05) is 19.0 Å². The number of nitrogens with one attached hydrogen (secondary N) is 1. The molecule has 0 aliphatic heterocycles. The quantitative estimate of drug-likeness (QED) is 0.668. The van der Waals surface area contributed by atoms with E-state index in [9.17, 15) is 4.79 Å². The lowest BCUT2D eigenvalue weighted by molar-refractivity contribution is 0.0955. The molecule has 2 aromatic carbocycles. The van der Waals surface area contributed by atoms with Gasteiger partial charge in [-0.3, -0.25) is 4.79 Å². The molecule has 0 bridgehead atoms. The van der Waals surface area contributed by atoms with E-state index < -0.39 is 0 Å². The molecule has 0 saturated heterocycles. The third-order valence-corrected chi connectivity index (χ3v) is 2.92. The van der Waals surface area contributed by atoms with Crippen LogP contribution in [0.5, 0.6) is 5.75 Å². The Kier molecular flexibility index (Phi) is 4.56. The number of benzene rings is 2. The Balaban J connectivity index is 1.95. The Hall–Kier alpha value is -2.82. The number of aromatic hydroxyl groups is 1. The van der Waals surface area contributed by atoms with Crippen LogP contribution in [0.2, 0.25) is 0 Å². The van der Waals surface area contributed by atoms with Crippen molar-refractivity contribution in [2.24, 2.45) is 5.10 Å². The number of carbonyl (C=O) groups excluding carboxylic acids is 1. The second kappa shape index (κ2) is 6.56. The highest BCUT2D eigenvalue weighted by Crippen LogP contribution is 2.11. The molecule has 2 N–H and O–H groups in total. The van der Waals surface area contributed by atoms with Crippen LogP contribution in [-0.2, 0) is 0 Å². The van der Waals surface area contributed by atoms with E-state index in [2.05, 4.69) is 10.5 Å². The molecule has 1 amide bonds. The Morgan fingerprint density at radius 1 is 1.10 bits per heavy atom. The lowest BCUT2D eigenvalue weighted by Gasteiger charge is -2.11. The minimum atomic E-state index is -0.323. The van der Waals surface area contributed by atoms with Gasteiger partial charge in [-0.05, 0) is 42.0 Å². The largest absolute Gasteiger partial charge is 0.508 e. The van der Waals surface area contributed by atoms with Crippen molar-refractivity contribution in [1.82, 2.24) is 5.43 Å².